The van der Waals surface area contributed by atoms with Crippen molar-refractivity contribution in [3.05, 3.63) is 41.1 Å². The maximum Gasteiger partial charge on any atom is 0.416 e. The summed E-state index contributed by atoms with van der Waals surface area (Å²) >= 11 is 0. The van der Waals surface area contributed by atoms with Gasteiger partial charge in [0, 0.05) is 17.1 Å². The molecule has 0 spiro atoms. The Morgan fingerprint density at radius 1 is 1.26 bits per heavy atom. The van der Waals surface area contributed by atoms with Crippen LogP contribution in [0.25, 0.3) is 10.9 Å². The summed E-state index contributed by atoms with van der Waals surface area (Å²) in [5.74, 6) is 0. The lowest BCUT2D eigenvalue weighted by Crippen LogP contribution is -2.18. The molecule has 0 aliphatic carbocycles. The molecule has 1 aromatic heterocycles. The van der Waals surface area contributed by atoms with E-state index in [1.54, 1.807) is 6.07 Å². The fourth-order valence-corrected chi connectivity index (χ4v) is 2.13. The average Bonchev–Trinajstić information content (AvgIpc) is 2.26. The number of rotatable bonds is 2. The number of hydrogen-bond donors (Lipinski definition) is 1. The maximum atomic E-state index is 12.7. The molecule has 2 N–H and O–H groups in total. The molecule has 19 heavy (non-hydrogen) atoms. The van der Waals surface area contributed by atoms with Crippen LogP contribution in [0.4, 0.5) is 13.2 Å². The van der Waals surface area contributed by atoms with Crippen molar-refractivity contribution in [3.63, 3.8) is 0 Å². The minimum atomic E-state index is -4.34. The highest BCUT2D eigenvalue weighted by Crippen LogP contribution is 2.32. The Bertz CT molecular complexity index is 603. The zero-order chi connectivity index (χ0) is 14.2. The first-order valence-corrected chi connectivity index (χ1v) is 6.00. The van der Waals surface area contributed by atoms with Crippen LogP contribution in [-0.2, 0) is 12.6 Å². The highest BCUT2D eigenvalue weighted by molar-refractivity contribution is 5.83. The quantitative estimate of drug-likeness (QED) is 0.906. The molecule has 1 atom stereocenters. The molecule has 2 nitrogen and oxygen atoms in total. The van der Waals surface area contributed by atoms with Gasteiger partial charge in [0.15, 0.2) is 0 Å². The summed E-state index contributed by atoms with van der Waals surface area (Å²) in [7, 11) is 0. The van der Waals surface area contributed by atoms with Crippen LogP contribution in [-0.4, -0.2) is 11.0 Å². The van der Waals surface area contributed by atoms with E-state index in [1.165, 1.54) is 6.07 Å². The molecule has 1 aromatic carbocycles. The molecule has 0 radical (unpaired) electrons. The summed E-state index contributed by atoms with van der Waals surface area (Å²) in [5.41, 5.74) is 7.25. The van der Waals surface area contributed by atoms with Crippen LogP contribution in [0.5, 0.6) is 0 Å². The Kier molecular flexibility index (Phi) is 3.49. The van der Waals surface area contributed by atoms with Crippen molar-refractivity contribution in [1.29, 1.82) is 0 Å². The number of nitrogens with zero attached hydrogens (tertiary/aromatic N) is 1. The van der Waals surface area contributed by atoms with Crippen LogP contribution in [0.3, 0.4) is 0 Å². The summed E-state index contributed by atoms with van der Waals surface area (Å²) in [5, 5.41) is 0.526. The molecule has 0 aliphatic rings. The molecule has 5 heteroatoms. The van der Waals surface area contributed by atoms with Gasteiger partial charge in [0.2, 0.25) is 0 Å². The Morgan fingerprint density at radius 2 is 1.95 bits per heavy atom. The third-order valence-electron chi connectivity index (χ3n) is 2.89. The number of nitrogens with two attached hydrogens (primary N) is 1. The van der Waals surface area contributed by atoms with Crippen LogP contribution in [0.15, 0.2) is 24.3 Å². The van der Waals surface area contributed by atoms with Gasteiger partial charge in [0.05, 0.1) is 11.1 Å². The van der Waals surface area contributed by atoms with E-state index in [1.807, 2.05) is 13.8 Å². The van der Waals surface area contributed by atoms with Crippen molar-refractivity contribution >= 4 is 10.9 Å². The van der Waals surface area contributed by atoms with E-state index in [-0.39, 0.29) is 6.04 Å². The van der Waals surface area contributed by atoms with E-state index in [0.29, 0.717) is 17.3 Å². The van der Waals surface area contributed by atoms with Gasteiger partial charge in [-0.1, -0.05) is 0 Å². The minimum Gasteiger partial charge on any atom is -0.328 e. The van der Waals surface area contributed by atoms with Crippen LogP contribution < -0.4 is 5.73 Å². The lowest BCUT2D eigenvalue weighted by molar-refractivity contribution is -0.137. The Morgan fingerprint density at radius 3 is 2.53 bits per heavy atom. The minimum absolute atomic E-state index is 0.112. The molecule has 2 rings (SSSR count). The maximum absolute atomic E-state index is 12.7. The number of aromatic nitrogens is 1. The van der Waals surface area contributed by atoms with Crippen molar-refractivity contribution in [2.75, 3.05) is 0 Å². The van der Waals surface area contributed by atoms with Gasteiger partial charge < -0.3 is 5.73 Å². The first kappa shape index (κ1) is 13.8. The summed E-state index contributed by atoms with van der Waals surface area (Å²) in [6.07, 6.45) is -3.81. The van der Waals surface area contributed by atoms with Gasteiger partial charge in [-0.3, -0.25) is 4.98 Å². The van der Waals surface area contributed by atoms with Crippen molar-refractivity contribution in [3.8, 4) is 0 Å². The third-order valence-corrected chi connectivity index (χ3v) is 2.89. The van der Waals surface area contributed by atoms with E-state index in [9.17, 15) is 13.2 Å². The molecule has 0 bridgehead atoms. The smallest absolute Gasteiger partial charge is 0.328 e. The van der Waals surface area contributed by atoms with Crippen molar-refractivity contribution in [2.45, 2.75) is 32.5 Å². The number of fused-ring (bicyclic) bond motifs is 1. The average molecular weight is 268 g/mol. The van der Waals surface area contributed by atoms with Gasteiger partial charge in [-0.05, 0) is 50.1 Å². The predicted octanol–water partition coefficient (Wildman–Crippen LogP) is 3.45. The van der Waals surface area contributed by atoms with E-state index in [0.717, 1.165) is 23.4 Å². The molecule has 0 saturated heterocycles. The molecule has 0 fully saturated rings. The molecular weight excluding hydrogens is 253 g/mol. The number of pyridine rings is 1. The first-order chi connectivity index (χ1) is 8.77. The second-order valence-corrected chi connectivity index (χ2v) is 4.83. The second kappa shape index (κ2) is 4.81. The van der Waals surface area contributed by atoms with Gasteiger partial charge in [0.25, 0.3) is 0 Å². The van der Waals surface area contributed by atoms with Gasteiger partial charge in [-0.2, -0.15) is 13.2 Å². The van der Waals surface area contributed by atoms with Gasteiger partial charge in [0.1, 0.15) is 0 Å². The van der Waals surface area contributed by atoms with Crippen molar-refractivity contribution in [1.82, 2.24) is 4.98 Å². The van der Waals surface area contributed by atoms with E-state index >= 15 is 0 Å². The van der Waals surface area contributed by atoms with Gasteiger partial charge in [-0.15, -0.1) is 0 Å². The zero-order valence-electron chi connectivity index (χ0n) is 10.8. The molecule has 0 amide bonds. The number of benzene rings is 1. The highest BCUT2D eigenvalue weighted by Gasteiger charge is 2.30. The molecule has 0 aliphatic heterocycles. The number of hydrogen-bond acceptors (Lipinski definition) is 2. The van der Waals surface area contributed by atoms with Gasteiger partial charge >= 0.3 is 6.18 Å². The van der Waals surface area contributed by atoms with Crippen LogP contribution in [0.2, 0.25) is 0 Å². The standard InChI is InChI=1S/C14H15F3N2/c1-8(18)5-10-6-9(2)19-13-4-3-11(7-12(10)13)14(15,16)17/h3-4,6-8H,5,18H2,1-2H3. The fourth-order valence-electron chi connectivity index (χ4n) is 2.13. The highest BCUT2D eigenvalue weighted by atomic mass is 19.4. The van der Waals surface area contributed by atoms with E-state index in [2.05, 4.69) is 4.98 Å². The van der Waals surface area contributed by atoms with E-state index in [4.69, 9.17) is 5.73 Å². The topological polar surface area (TPSA) is 38.9 Å². The van der Waals surface area contributed by atoms with Crippen LogP contribution in [0, 0.1) is 6.92 Å². The third kappa shape index (κ3) is 3.04. The Balaban J connectivity index is 2.65. The second-order valence-electron chi connectivity index (χ2n) is 4.83. The first-order valence-electron chi connectivity index (χ1n) is 6.00. The monoisotopic (exact) mass is 268 g/mol. The summed E-state index contributed by atoms with van der Waals surface area (Å²) in [6, 6.07) is 5.31. The van der Waals surface area contributed by atoms with Crippen LogP contribution in [0.1, 0.15) is 23.7 Å². The largest absolute Gasteiger partial charge is 0.416 e. The van der Waals surface area contributed by atoms with Crippen molar-refractivity contribution in [2.24, 2.45) is 5.73 Å². The number of aryl methyl sites for hydroxylation is 1. The Hall–Kier alpha value is -1.62. The lowest BCUT2D eigenvalue weighted by atomic mass is 10.00. The summed E-state index contributed by atoms with van der Waals surface area (Å²) in [4.78, 5) is 4.26. The number of halogens is 3. The molecule has 1 unspecified atom stereocenters. The fraction of sp³-hybridized carbons (Fsp3) is 0.357. The summed E-state index contributed by atoms with van der Waals surface area (Å²) in [6.45, 7) is 3.65. The molecule has 102 valence electrons. The predicted molar refractivity (Wildman–Crippen MR) is 68.8 cm³/mol. The number of alkyl halides is 3. The van der Waals surface area contributed by atoms with Crippen molar-refractivity contribution < 1.29 is 13.2 Å². The SMILES string of the molecule is Cc1cc(CC(C)N)c2cc(C(F)(F)F)ccc2n1. The molecule has 2 aromatic rings. The Labute approximate surface area is 109 Å². The van der Waals surface area contributed by atoms with Gasteiger partial charge in [-0.25, -0.2) is 0 Å². The van der Waals surface area contributed by atoms with Crippen LogP contribution >= 0.6 is 0 Å². The zero-order valence-corrected chi connectivity index (χ0v) is 10.8. The molecule has 1 heterocycles. The molecular formula is C14H15F3N2. The molecule has 0 saturated carbocycles. The van der Waals surface area contributed by atoms with E-state index < -0.39 is 11.7 Å². The summed E-state index contributed by atoms with van der Waals surface area (Å²) < 4.78 is 38.2. The normalized spacial score (nSPS) is 13.8. The lowest BCUT2D eigenvalue weighted by Gasteiger charge is -2.13.